The van der Waals surface area contributed by atoms with Crippen molar-refractivity contribution >= 4 is 5.97 Å². The molecule has 5 unspecified atom stereocenters. The zero-order valence-electron chi connectivity index (χ0n) is 11.2. The molecule has 5 atom stereocenters. The van der Waals surface area contributed by atoms with Gasteiger partial charge >= 0.3 is 5.97 Å². The number of carbonyl (C=O) groups is 1. The van der Waals surface area contributed by atoms with Gasteiger partial charge in [-0.3, -0.25) is 4.79 Å². The molecule has 0 aromatic carbocycles. The molecule has 0 amide bonds. The zero-order valence-corrected chi connectivity index (χ0v) is 11.2. The Morgan fingerprint density at radius 3 is 2.78 bits per heavy atom. The minimum Gasteiger partial charge on any atom is -0.453 e. The molecule has 18 heavy (non-hydrogen) atoms. The third-order valence-corrected chi connectivity index (χ3v) is 5.89. The molecule has 2 spiro atoms. The molecule has 2 saturated carbocycles. The lowest BCUT2D eigenvalue weighted by Gasteiger charge is -2.49. The van der Waals surface area contributed by atoms with E-state index in [4.69, 9.17) is 9.47 Å². The number of ether oxygens (including phenoxy) is 2. The number of carbonyl (C=O) groups excluding carboxylic acids is 1. The maximum absolute atomic E-state index is 11.8. The molecule has 4 nitrogen and oxygen atoms in total. The van der Waals surface area contributed by atoms with Gasteiger partial charge in [0.1, 0.15) is 11.2 Å². The predicted octanol–water partition coefficient (Wildman–Crippen LogP) is 1.40. The van der Waals surface area contributed by atoms with Gasteiger partial charge in [0.05, 0.1) is 12.5 Å². The van der Waals surface area contributed by atoms with E-state index in [1.807, 2.05) is 0 Å². The van der Waals surface area contributed by atoms with Crippen LogP contribution >= 0.6 is 0 Å². The summed E-state index contributed by atoms with van der Waals surface area (Å²) < 4.78 is 11.8. The topological polar surface area (TPSA) is 59.1 Å². The first-order chi connectivity index (χ1) is 8.28. The van der Waals surface area contributed by atoms with Crippen LogP contribution in [0.25, 0.3) is 0 Å². The van der Waals surface area contributed by atoms with Crippen LogP contribution in [0.2, 0.25) is 0 Å². The van der Waals surface area contributed by atoms with E-state index in [1.54, 1.807) is 0 Å². The molecular weight excluding hydrogens is 232 g/mol. The Morgan fingerprint density at radius 2 is 2.11 bits per heavy atom. The molecule has 4 aliphatic rings. The summed E-state index contributed by atoms with van der Waals surface area (Å²) in [6.45, 7) is 6.46. The van der Waals surface area contributed by atoms with E-state index >= 15 is 0 Å². The van der Waals surface area contributed by atoms with Gasteiger partial charge in [0, 0.05) is 6.42 Å². The van der Waals surface area contributed by atoms with Crippen molar-refractivity contribution in [1.82, 2.24) is 0 Å². The highest BCUT2D eigenvalue weighted by Crippen LogP contribution is 2.75. The van der Waals surface area contributed by atoms with E-state index in [9.17, 15) is 9.90 Å². The van der Waals surface area contributed by atoms with Crippen LogP contribution in [0, 0.1) is 11.3 Å². The fraction of sp³-hybridized carbons (Fsp3) is 0.929. The van der Waals surface area contributed by atoms with Crippen LogP contribution < -0.4 is 0 Å². The summed E-state index contributed by atoms with van der Waals surface area (Å²) in [6, 6.07) is 0. The summed E-state index contributed by atoms with van der Waals surface area (Å²) >= 11 is 0. The maximum Gasteiger partial charge on any atom is 0.309 e. The Hall–Kier alpha value is -0.610. The highest BCUT2D eigenvalue weighted by atomic mass is 16.7. The predicted molar refractivity (Wildman–Crippen MR) is 62.8 cm³/mol. The summed E-state index contributed by atoms with van der Waals surface area (Å²) in [6.07, 6.45) is 2.53. The first kappa shape index (κ1) is 11.2. The first-order valence-electron chi connectivity index (χ1n) is 6.90. The Morgan fingerprint density at radius 1 is 1.39 bits per heavy atom. The molecule has 0 aromatic heterocycles. The monoisotopic (exact) mass is 252 g/mol. The van der Waals surface area contributed by atoms with Gasteiger partial charge in [0.25, 0.3) is 0 Å². The Balaban J connectivity index is 1.92. The van der Waals surface area contributed by atoms with Crippen molar-refractivity contribution in [2.24, 2.45) is 11.3 Å². The standard InChI is InChI=1S/C14H20O4/c1-8-4-5-12(16)6-9(15)17-13(12)7-11(2,3)10-14(8,13)18-10/h8,10,16H,4-7H2,1-3H3. The van der Waals surface area contributed by atoms with E-state index in [1.165, 1.54) is 0 Å². The lowest BCUT2D eigenvalue weighted by atomic mass is 9.62. The van der Waals surface area contributed by atoms with Crippen molar-refractivity contribution < 1.29 is 19.4 Å². The van der Waals surface area contributed by atoms with Gasteiger partial charge in [-0.15, -0.1) is 0 Å². The number of esters is 1. The molecule has 0 bridgehead atoms. The average Bonchev–Trinajstić information content (AvgIpc) is 2.89. The Labute approximate surface area is 107 Å². The SMILES string of the molecule is CC1CCC2(O)CC(=O)OC23CC(C)(C)C2OC123. The smallest absolute Gasteiger partial charge is 0.309 e. The second-order valence-corrected chi connectivity index (χ2v) is 7.41. The van der Waals surface area contributed by atoms with Crippen molar-refractivity contribution in [2.45, 2.75) is 69.4 Å². The number of hydrogen-bond acceptors (Lipinski definition) is 4. The molecule has 4 rings (SSSR count). The normalized spacial score (nSPS) is 59.7. The van der Waals surface area contributed by atoms with Gasteiger partial charge in [0.15, 0.2) is 5.60 Å². The summed E-state index contributed by atoms with van der Waals surface area (Å²) in [5, 5.41) is 11.0. The van der Waals surface area contributed by atoms with Crippen LogP contribution in [0.15, 0.2) is 0 Å². The van der Waals surface area contributed by atoms with Crippen molar-refractivity contribution in [2.75, 3.05) is 0 Å². The van der Waals surface area contributed by atoms with Crippen LogP contribution in [-0.2, 0) is 14.3 Å². The fourth-order valence-corrected chi connectivity index (χ4v) is 5.16. The molecule has 2 aliphatic heterocycles. The van der Waals surface area contributed by atoms with Crippen molar-refractivity contribution in [3.63, 3.8) is 0 Å². The van der Waals surface area contributed by atoms with E-state index in [0.29, 0.717) is 12.3 Å². The van der Waals surface area contributed by atoms with Crippen LogP contribution in [0.5, 0.6) is 0 Å². The second-order valence-electron chi connectivity index (χ2n) is 7.41. The molecule has 2 aliphatic carbocycles. The van der Waals surface area contributed by atoms with Gasteiger partial charge in [-0.2, -0.15) is 0 Å². The van der Waals surface area contributed by atoms with Gasteiger partial charge in [-0.1, -0.05) is 20.8 Å². The van der Waals surface area contributed by atoms with Gasteiger partial charge in [-0.25, -0.2) is 0 Å². The number of epoxide rings is 1. The molecule has 0 radical (unpaired) electrons. The quantitative estimate of drug-likeness (QED) is 0.523. The molecule has 1 N–H and O–H groups in total. The van der Waals surface area contributed by atoms with E-state index in [-0.39, 0.29) is 23.9 Å². The van der Waals surface area contributed by atoms with Crippen molar-refractivity contribution in [3.05, 3.63) is 0 Å². The zero-order chi connectivity index (χ0) is 13.0. The molecule has 4 fully saturated rings. The minimum absolute atomic E-state index is 0.0306. The Bertz CT molecular complexity index is 459. The van der Waals surface area contributed by atoms with Crippen LogP contribution in [-0.4, -0.2) is 34.0 Å². The third-order valence-electron chi connectivity index (χ3n) is 5.89. The third kappa shape index (κ3) is 0.874. The van der Waals surface area contributed by atoms with E-state index in [2.05, 4.69) is 20.8 Å². The lowest BCUT2D eigenvalue weighted by Crippen LogP contribution is -2.64. The summed E-state index contributed by atoms with van der Waals surface area (Å²) in [5.41, 5.74) is -2.26. The fourth-order valence-electron chi connectivity index (χ4n) is 5.16. The van der Waals surface area contributed by atoms with Crippen LogP contribution in [0.3, 0.4) is 0 Å². The molecule has 4 heteroatoms. The Kier molecular flexibility index (Phi) is 1.64. The highest BCUT2D eigenvalue weighted by Gasteiger charge is 2.89. The molecule has 0 aromatic rings. The number of hydrogen-bond donors (Lipinski definition) is 1. The maximum atomic E-state index is 11.8. The summed E-state index contributed by atoms with van der Waals surface area (Å²) in [4.78, 5) is 11.8. The molecule has 2 heterocycles. The van der Waals surface area contributed by atoms with Gasteiger partial charge in [0.2, 0.25) is 0 Å². The first-order valence-corrected chi connectivity index (χ1v) is 6.90. The van der Waals surface area contributed by atoms with Gasteiger partial charge < -0.3 is 14.6 Å². The summed E-state index contributed by atoms with van der Waals surface area (Å²) in [7, 11) is 0. The minimum atomic E-state index is -1.01. The molecule has 100 valence electrons. The van der Waals surface area contributed by atoms with Crippen LogP contribution in [0.1, 0.15) is 46.5 Å². The van der Waals surface area contributed by atoms with Gasteiger partial charge in [-0.05, 0) is 24.2 Å². The van der Waals surface area contributed by atoms with Crippen molar-refractivity contribution in [1.29, 1.82) is 0 Å². The molecular formula is C14H20O4. The number of rotatable bonds is 0. The number of aliphatic hydroxyl groups is 1. The van der Waals surface area contributed by atoms with E-state index in [0.717, 1.165) is 12.8 Å². The van der Waals surface area contributed by atoms with Crippen LogP contribution in [0.4, 0.5) is 0 Å². The largest absolute Gasteiger partial charge is 0.453 e. The molecule has 2 saturated heterocycles. The highest BCUT2D eigenvalue weighted by molar-refractivity contribution is 5.76. The summed E-state index contributed by atoms with van der Waals surface area (Å²) in [5.74, 6) is 0.0772. The average molecular weight is 252 g/mol. The van der Waals surface area contributed by atoms with Crippen molar-refractivity contribution in [3.8, 4) is 0 Å². The second kappa shape index (κ2) is 2.63. The van der Waals surface area contributed by atoms with E-state index < -0.39 is 16.8 Å². The lowest BCUT2D eigenvalue weighted by molar-refractivity contribution is -0.206.